The number of carbonyl (C=O) groups excluding carboxylic acids is 2. The molecule has 0 spiro atoms. The Hall–Kier alpha value is -2.58. The molecule has 0 saturated heterocycles. The van der Waals surface area contributed by atoms with Gasteiger partial charge in [0, 0.05) is 23.3 Å². The summed E-state index contributed by atoms with van der Waals surface area (Å²) in [6, 6.07) is 9.50. The fraction of sp³-hybridized carbons (Fsp3) is 0.333. The van der Waals surface area contributed by atoms with Gasteiger partial charge < -0.3 is 19.6 Å². The second-order valence-electron chi connectivity index (χ2n) is 6.27. The number of ether oxygens (including phenoxy) is 2. The van der Waals surface area contributed by atoms with Gasteiger partial charge in [0.25, 0.3) is 0 Å². The molecule has 0 aliphatic heterocycles. The molecule has 2 rings (SSSR count). The molecule has 0 aromatic heterocycles. The first-order valence-electron chi connectivity index (χ1n) is 9.10. The van der Waals surface area contributed by atoms with Gasteiger partial charge in [0.1, 0.15) is 18.5 Å². The van der Waals surface area contributed by atoms with Crippen LogP contribution < -0.4 is 5.32 Å². The van der Waals surface area contributed by atoms with Crippen LogP contribution in [0.2, 0.25) is 5.02 Å². The largest absolute Gasteiger partial charge is 0.466 e. The fourth-order valence-electron chi connectivity index (χ4n) is 2.96. The van der Waals surface area contributed by atoms with Gasteiger partial charge in [-0.15, -0.1) is 0 Å². The quantitative estimate of drug-likeness (QED) is 0.435. The molecule has 0 unspecified atom stereocenters. The Morgan fingerprint density at radius 3 is 2.50 bits per heavy atom. The highest BCUT2D eigenvalue weighted by atomic mass is 35.5. The van der Waals surface area contributed by atoms with Crippen LogP contribution in [0.1, 0.15) is 36.1 Å². The van der Waals surface area contributed by atoms with E-state index in [1.807, 2.05) is 0 Å². The zero-order valence-electron chi connectivity index (χ0n) is 16.3. The van der Waals surface area contributed by atoms with Crippen molar-refractivity contribution < 1.29 is 32.2 Å². The third-order valence-electron chi connectivity index (χ3n) is 4.25. The van der Waals surface area contributed by atoms with E-state index in [0.717, 1.165) is 6.07 Å². The van der Waals surface area contributed by atoms with Crippen LogP contribution in [-0.4, -0.2) is 32.0 Å². The minimum atomic E-state index is -4.66. The summed E-state index contributed by atoms with van der Waals surface area (Å²) in [5.41, 5.74) is -0.378. The van der Waals surface area contributed by atoms with Crippen molar-refractivity contribution in [3.8, 4) is 0 Å². The highest BCUT2D eigenvalue weighted by Gasteiger charge is 2.37. The topological polar surface area (TPSA) is 64.6 Å². The van der Waals surface area contributed by atoms with Crippen molar-refractivity contribution in [2.75, 3.05) is 19.0 Å². The smallest absolute Gasteiger partial charge is 0.416 e. The summed E-state index contributed by atoms with van der Waals surface area (Å²) in [6.07, 6.45) is -7.37. The van der Waals surface area contributed by atoms with Crippen molar-refractivity contribution in [1.29, 1.82) is 0 Å². The summed E-state index contributed by atoms with van der Waals surface area (Å²) in [5.74, 6) is -0.697. The minimum Gasteiger partial charge on any atom is -0.466 e. The van der Waals surface area contributed by atoms with Crippen LogP contribution in [0.3, 0.4) is 0 Å². The molecule has 2 atom stereocenters. The van der Waals surface area contributed by atoms with Gasteiger partial charge in [-0.1, -0.05) is 29.8 Å². The predicted molar refractivity (Wildman–Crippen MR) is 106 cm³/mol. The van der Waals surface area contributed by atoms with E-state index in [-0.39, 0.29) is 22.8 Å². The molecule has 0 fully saturated rings. The maximum atomic E-state index is 13.7. The number of alkyl halides is 3. The lowest BCUT2D eigenvalue weighted by Gasteiger charge is -2.27. The van der Waals surface area contributed by atoms with Crippen LogP contribution in [0.5, 0.6) is 0 Å². The lowest BCUT2D eigenvalue weighted by Crippen LogP contribution is -2.25. The average molecular weight is 444 g/mol. The summed E-state index contributed by atoms with van der Waals surface area (Å²) in [7, 11) is 1.59. The SMILES string of the molecule is CCOC(=O)C[C@H](C=O)O[C@@H](c1cc(Cl)ccc1NC)c1ccccc1C(F)(F)F. The molecular formula is C21H21ClF3NO4. The van der Waals surface area contributed by atoms with E-state index in [4.69, 9.17) is 21.1 Å². The average Bonchev–Trinajstić information content (AvgIpc) is 2.70. The molecule has 1 N–H and O–H groups in total. The first-order chi connectivity index (χ1) is 14.2. The van der Waals surface area contributed by atoms with Crippen LogP contribution in [-0.2, 0) is 25.2 Å². The van der Waals surface area contributed by atoms with E-state index >= 15 is 0 Å². The molecule has 0 bridgehead atoms. The Labute approximate surface area is 177 Å². The Balaban J connectivity index is 2.59. The van der Waals surface area contributed by atoms with Gasteiger partial charge in [0.15, 0.2) is 0 Å². The van der Waals surface area contributed by atoms with Crippen molar-refractivity contribution >= 4 is 29.5 Å². The molecule has 0 aliphatic carbocycles. The molecule has 5 nitrogen and oxygen atoms in total. The van der Waals surface area contributed by atoms with Crippen molar-refractivity contribution in [2.24, 2.45) is 0 Å². The number of rotatable bonds is 9. The number of halogens is 4. The summed E-state index contributed by atoms with van der Waals surface area (Å²) in [4.78, 5) is 23.3. The van der Waals surface area contributed by atoms with E-state index in [9.17, 15) is 22.8 Å². The van der Waals surface area contributed by atoms with Crippen LogP contribution in [0, 0.1) is 0 Å². The molecule has 30 heavy (non-hydrogen) atoms. The Bertz CT molecular complexity index is 889. The van der Waals surface area contributed by atoms with E-state index in [0.29, 0.717) is 12.0 Å². The number of carbonyl (C=O) groups is 2. The maximum Gasteiger partial charge on any atom is 0.416 e. The minimum absolute atomic E-state index is 0.100. The monoisotopic (exact) mass is 443 g/mol. The van der Waals surface area contributed by atoms with Crippen LogP contribution in [0.4, 0.5) is 18.9 Å². The second kappa shape index (κ2) is 10.4. The number of anilines is 1. The third kappa shape index (κ3) is 5.96. The normalized spacial score (nSPS) is 13.4. The Morgan fingerprint density at radius 2 is 1.90 bits per heavy atom. The van der Waals surface area contributed by atoms with Gasteiger partial charge >= 0.3 is 12.1 Å². The van der Waals surface area contributed by atoms with E-state index in [1.165, 1.54) is 24.3 Å². The fourth-order valence-corrected chi connectivity index (χ4v) is 3.14. The standard InChI is InChI=1S/C21H21ClF3NO4/c1-3-29-19(28)11-14(12-27)30-20(16-10-13(22)8-9-18(16)26-2)15-6-4-5-7-17(15)21(23,24)25/h4-10,12,14,20,26H,3,11H2,1-2H3/t14-,20-/m1/s1. The van der Waals surface area contributed by atoms with Gasteiger partial charge in [-0.2, -0.15) is 13.2 Å². The van der Waals surface area contributed by atoms with Crippen molar-refractivity contribution in [3.63, 3.8) is 0 Å². The van der Waals surface area contributed by atoms with Gasteiger partial charge in [0.2, 0.25) is 0 Å². The molecule has 0 heterocycles. The predicted octanol–water partition coefficient (Wildman–Crippen LogP) is 5.03. The summed E-state index contributed by atoms with van der Waals surface area (Å²) in [6.45, 7) is 1.70. The zero-order chi connectivity index (χ0) is 22.3. The third-order valence-corrected chi connectivity index (χ3v) is 4.49. The Morgan fingerprint density at radius 1 is 1.20 bits per heavy atom. The second-order valence-corrected chi connectivity index (χ2v) is 6.70. The first kappa shape index (κ1) is 23.7. The zero-order valence-corrected chi connectivity index (χ0v) is 17.1. The molecule has 0 aliphatic rings. The molecule has 0 amide bonds. The maximum absolute atomic E-state index is 13.7. The van der Waals surface area contributed by atoms with E-state index < -0.39 is 36.3 Å². The number of hydrogen-bond donors (Lipinski definition) is 1. The van der Waals surface area contributed by atoms with Gasteiger partial charge in [-0.3, -0.25) is 4.79 Å². The van der Waals surface area contributed by atoms with Gasteiger partial charge in [-0.05, 0) is 36.8 Å². The number of benzene rings is 2. The molecule has 2 aromatic carbocycles. The molecule has 2 aromatic rings. The summed E-state index contributed by atoms with van der Waals surface area (Å²) < 4.78 is 51.6. The van der Waals surface area contributed by atoms with Gasteiger partial charge in [-0.25, -0.2) is 0 Å². The first-order valence-corrected chi connectivity index (χ1v) is 9.48. The highest BCUT2D eigenvalue weighted by Crippen LogP contribution is 2.41. The van der Waals surface area contributed by atoms with Crippen LogP contribution >= 0.6 is 11.6 Å². The Kier molecular flexibility index (Phi) is 8.25. The van der Waals surface area contributed by atoms with Crippen molar-refractivity contribution in [3.05, 3.63) is 64.2 Å². The molecule has 162 valence electrons. The van der Waals surface area contributed by atoms with E-state index in [2.05, 4.69) is 5.32 Å². The summed E-state index contributed by atoms with van der Waals surface area (Å²) >= 11 is 6.08. The summed E-state index contributed by atoms with van der Waals surface area (Å²) in [5, 5.41) is 3.16. The molecule has 0 saturated carbocycles. The van der Waals surface area contributed by atoms with E-state index in [1.54, 1.807) is 26.1 Å². The number of nitrogens with one attached hydrogen (secondary N) is 1. The number of hydrogen-bond acceptors (Lipinski definition) is 5. The van der Waals surface area contributed by atoms with Crippen LogP contribution in [0.25, 0.3) is 0 Å². The molecule has 9 heteroatoms. The lowest BCUT2D eigenvalue weighted by molar-refractivity contribution is -0.150. The lowest BCUT2D eigenvalue weighted by atomic mass is 9.94. The molecule has 0 radical (unpaired) electrons. The van der Waals surface area contributed by atoms with Gasteiger partial charge in [0.05, 0.1) is 18.6 Å². The van der Waals surface area contributed by atoms with Crippen molar-refractivity contribution in [1.82, 2.24) is 0 Å². The van der Waals surface area contributed by atoms with Crippen LogP contribution in [0.15, 0.2) is 42.5 Å². The number of aldehydes is 1. The molecular weight excluding hydrogens is 423 g/mol. The van der Waals surface area contributed by atoms with Crippen molar-refractivity contribution in [2.45, 2.75) is 31.7 Å². The number of esters is 1. The highest BCUT2D eigenvalue weighted by molar-refractivity contribution is 6.30.